The molecule has 3 aliphatic heterocycles. The number of hydrogen-bond acceptors (Lipinski definition) is 16. The van der Waals surface area contributed by atoms with E-state index in [0.29, 0.717) is 57.4 Å². The van der Waals surface area contributed by atoms with Crippen LogP contribution in [0.5, 0.6) is 0 Å². The number of carboxylic acid groups (broad SMARTS) is 1. The molecule has 25 nitrogen and oxygen atoms in total. The van der Waals surface area contributed by atoms with Gasteiger partial charge >= 0.3 is 11.9 Å². The Balaban J connectivity index is 0.848. The third-order valence-electron chi connectivity index (χ3n) is 14.5. The van der Waals surface area contributed by atoms with Crippen LogP contribution in [0.25, 0.3) is 22.3 Å². The number of rotatable bonds is 22. The number of cyclic esters (lactones) is 1. The predicted octanol–water partition coefficient (Wildman–Crippen LogP) is -1.38. The summed E-state index contributed by atoms with van der Waals surface area (Å²) >= 11 is 0. The van der Waals surface area contributed by atoms with Gasteiger partial charge in [0.05, 0.1) is 61.2 Å². The molecule has 2 aromatic heterocycles. The van der Waals surface area contributed by atoms with Crippen LogP contribution >= 0.6 is 0 Å². The van der Waals surface area contributed by atoms with Gasteiger partial charge < -0.3 is 61.5 Å². The Kier molecular flexibility index (Phi) is 17.0. The van der Waals surface area contributed by atoms with Crippen molar-refractivity contribution in [3.63, 3.8) is 0 Å². The molecular weight excluding hydrogens is 1040 g/mol. The molecule has 1 aliphatic carbocycles. The van der Waals surface area contributed by atoms with E-state index in [1.165, 1.54) is 24.5 Å². The second-order valence-electron chi connectivity index (χ2n) is 19.7. The highest BCUT2D eigenvalue weighted by Gasteiger charge is 2.47. The van der Waals surface area contributed by atoms with Crippen LogP contribution in [-0.2, 0) is 89.0 Å². The molecule has 1 saturated heterocycles. The lowest BCUT2D eigenvalue weighted by Gasteiger charge is -2.31. The number of halogens is 1. The molecule has 0 saturated carbocycles. The largest absolute Gasteiger partial charge is 0.480 e. The van der Waals surface area contributed by atoms with Gasteiger partial charge in [-0.05, 0) is 61.4 Å². The maximum atomic E-state index is 15.4. The third-order valence-corrected chi connectivity index (χ3v) is 14.5. The zero-order chi connectivity index (χ0) is 57.0. The Bertz CT molecular complexity index is 3260. The van der Waals surface area contributed by atoms with E-state index in [1.807, 2.05) is 0 Å². The molecule has 8 rings (SSSR count). The third kappa shape index (κ3) is 11.8. The zero-order valence-electron chi connectivity index (χ0n) is 43.5. The van der Waals surface area contributed by atoms with E-state index in [9.17, 15) is 57.8 Å². The molecule has 5 heterocycles. The SMILES string of the molecule is CC[C@@]1(O)C(=O)OCc2c1cc1n(c2=O)Cc2c-1nc1cc(F)c(C)c3c1c2[C@@H](NC(=O)[C@@H](C)OCNC(=O)CNC(=O)[C@H](Cc1ccccc1)NC(=O)CNC(=O)CNC(=O)[C@H](CNCC(=O)O)N1C(=O)CC(C)C1=O)CC3. The Morgan fingerprint density at radius 2 is 1.59 bits per heavy atom. The number of likely N-dealkylation sites (tertiary alicyclic amines) is 1. The summed E-state index contributed by atoms with van der Waals surface area (Å²) in [6, 6.07) is 8.04. The van der Waals surface area contributed by atoms with Crippen molar-refractivity contribution in [2.24, 2.45) is 5.92 Å². The number of esters is 1. The Labute approximate surface area is 449 Å². The van der Waals surface area contributed by atoms with E-state index >= 15 is 4.39 Å². The number of carbonyl (C=O) groups is 10. The summed E-state index contributed by atoms with van der Waals surface area (Å²) in [6.07, 6.45) is -0.680. The topological polar surface area (TPSA) is 352 Å². The van der Waals surface area contributed by atoms with Gasteiger partial charge in [-0.15, -0.1) is 0 Å². The van der Waals surface area contributed by atoms with E-state index in [4.69, 9.17) is 19.6 Å². The van der Waals surface area contributed by atoms with E-state index < -0.39 is 146 Å². The quantitative estimate of drug-likeness (QED) is 0.0219. The molecule has 2 aromatic carbocycles. The number of ether oxygens (including phenoxy) is 2. The Hall–Kier alpha value is -8.49. The fraction of sp³-hybridized carbons (Fsp3) is 0.434. The molecule has 0 bridgehead atoms. The molecular formula is C53H59FN10O15. The van der Waals surface area contributed by atoms with Crippen LogP contribution in [0.1, 0.15) is 85.0 Å². The maximum absolute atomic E-state index is 15.4. The lowest BCUT2D eigenvalue weighted by atomic mass is 9.81. The lowest BCUT2D eigenvalue weighted by molar-refractivity contribution is -0.172. The molecule has 4 aliphatic rings. The average molecular weight is 1100 g/mol. The van der Waals surface area contributed by atoms with Gasteiger partial charge in [-0.25, -0.2) is 14.2 Å². The number of pyridine rings is 2. The van der Waals surface area contributed by atoms with Crippen LogP contribution in [0, 0.1) is 18.7 Å². The van der Waals surface area contributed by atoms with E-state index in [1.54, 1.807) is 50.2 Å². The molecule has 0 radical (unpaired) electrons. The zero-order valence-corrected chi connectivity index (χ0v) is 43.5. The minimum absolute atomic E-state index is 0.0294. The van der Waals surface area contributed by atoms with Crippen molar-refractivity contribution in [2.45, 2.75) is 103 Å². The number of nitrogens with one attached hydrogen (secondary N) is 7. The van der Waals surface area contributed by atoms with Crippen molar-refractivity contribution >= 4 is 70.1 Å². The number of aliphatic hydroxyl groups is 1. The van der Waals surface area contributed by atoms with Gasteiger partial charge in [0.25, 0.3) is 5.56 Å². The molecule has 26 heteroatoms. The second kappa shape index (κ2) is 23.6. The van der Waals surface area contributed by atoms with Crippen molar-refractivity contribution in [1.29, 1.82) is 0 Å². The predicted molar refractivity (Wildman–Crippen MR) is 273 cm³/mol. The summed E-state index contributed by atoms with van der Waals surface area (Å²) in [4.78, 5) is 148. The minimum Gasteiger partial charge on any atom is -0.480 e. The fourth-order valence-corrected chi connectivity index (χ4v) is 10.2. The molecule has 9 N–H and O–H groups in total. The molecule has 0 spiro atoms. The van der Waals surface area contributed by atoms with Crippen molar-refractivity contribution in [1.82, 2.24) is 51.7 Å². The molecule has 6 atom stereocenters. The van der Waals surface area contributed by atoms with Gasteiger partial charge in [-0.3, -0.25) is 52.8 Å². The number of aryl methyl sites for hydroxylation is 1. The van der Waals surface area contributed by atoms with Gasteiger partial charge in [-0.1, -0.05) is 44.2 Å². The normalized spacial score (nSPS) is 19.0. The molecule has 79 heavy (non-hydrogen) atoms. The Morgan fingerprint density at radius 3 is 2.28 bits per heavy atom. The first-order valence-corrected chi connectivity index (χ1v) is 25.6. The highest BCUT2D eigenvalue weighted by molar-refractivity contribution is 6.07. The van der Waals surface area contributed by atoms with Crippen molar-refractivity contribution < 1.29 is 72.0 Å². The average Bonchev–Trinajstić information content (AvgIpc) is 4.19. The van der Waals surface area contributed by atoms with Crippen molar-refractivity contribution in [3.05, 3.63) is 97.6 Å². The number of fused-ring (bicyclic) bond motifs is 5. The number of imide groups is 1. The first-order chi connectivity index (χ1) is 37.6. The highest BCUT2D eigenvalue weighted by atomic mass is 19.1. The summed E-state index contributed by atoms with van der Waals surface area (Å²) in [5.41, 5.74) is 1.60. The van der Waals surface area contributed by atoms with E-state index in [0.717, 1.165) is 4.90 Å². The maximum Gasteiger partial charge on any atom is 0.343 e. The number of carbonyl (C=O) groups excluding carboxylic acids is 9. The summed E-state index contributed by atoms with van der Waals surface area (Å²) in [5, 5.41) is 38.5. The molecule has 1 unspecified atom stereocenters. The van der Waals surface area contributed by atoms with Crippen molar-refractivity contribution in [2.75, 3.05) is 39.5 Å². The monoisotopic (exact) mass is 1090 g/mol. The van der Waals surface area contributed by atoms with Gasteiger partial charge in [0.15, 0.2) is 5.60 Å². The van der Waals surface area contributed by atoms with Gasteiger partial charge in [0.1, 0.15) is 37.3 Å². The standard InChI is InChI=1S/C53H59FN10O15/c1-5-53(77)32-15-37-46-30(22-63(37)51(75)31(32)23-78-52(53)76)45-34(12-11-29-26(3)33(54)16-35(61-46)44(29)45)62-47(71)27(4)79-24-59-40(66)19-57-48(72)36(14-28-9-7-6-8-10-28)60-41(67)20-56-39(65)18-58-49(73)38(17-55-21-43(69)70)64-42(68)13-25(2)50(64)74/h6-10,15-16,25,27,34,36,38,55,77H,5,11-14,17-24H2,1-4H3,(H,56,65)(H,57,72)(H,58,73)(H,59,66)(H,60,67)(H,62,71)(H,69,70)/t25?,27-,34+,36+,38+,53+/m1/s1. The fourth-order valence-electron chi connectivity index (χ4n) is 10.2. The summed E-state index contributed by atoms with van der Waals surface area (Å²) in [5.74, 6) is -9.28. The second-order valence-corrected chi connectivity index (χ2v) is 19.7. The highest BCUT2D eigenvalue weighted by Crippen LogP contribution is 2.46. The number of aliphatic carboxylic acids is 1. The summed E-state index contributed by atoms with van der Waals surface area (Å²) < 4.78 is 27.8. The van der Waals surface area contributed by atoms with E-state index in [-0.39, 0.29) is 49.1 Å². The molecule has 8 amide bonds. The van der Waals surface area contributed by atoms with Gasteiger partial charge in [0.2, 0.25) is 47.3 Å². The number of amides is 8. The lowest BCUT2D eigenvalue weighted by Crippen LogP contribution is -2.56. The smallest absolute Gasteiger partial charge is 0.343 e. The molecule has 4 aromatic rings. The van der Waals surface area contributed by atoms with Crippen LogP contribution in [0.2, 0.25) is 0 Å². The number of hydrogen-bond donors (Lipinski definition) is 9. The van der Waals surface area contributed by atoms with Gasteiger partial charge in [-0.2, -0.15) is 0 Å². The van der Waals surface area contributed by atoms with Crippen LogP contribution in [-0.4, -0.2) is 142 Å². The first-order valence-electron chi connectivity index (χ1n) is 25.6. The molecule has 1 fully saturated rings. The van der Waals surface area contributed by atoms with Crippen LogP contribution < -0.4 is 42.8 Å². The number of aromatic nitrogens is 2. The van der Waals surface area contributed by atoms with Gasteiger partial charge in [0, 0.05) is 47.9 Å². The van der Waals surface area contributed by atoms with Crippen LogP contribution in [0.4, 0.5) is 4.39 Å². The Morgan fingerprint density at radius 1 is 0.899 bits per heavy atom. The van der Waals surface area contributed by atoms with Crippen molar-refractivity contribution in [3.8, 4) is 11.4 Å². The van der Waals surface area contributed by atoms with Crippen LogP contribution in [0.3, 0.4) is 0 Å². The minimum atomic E-state index is -2.07. The number of benzene rings is 2. The number of carboxylic acids is 1. The first kappa shape index (κ1) is 56.7. The van der Waals surface area contributed by atoms with Crippen LogP contribution in [0.15, 0.2) is 47.3 Å². The summed E-state index contributed by atoms with van der Waals surface area (Å²) in [6.45, 7) is 2.52. The molecule has 418 valence electrons. The van der Waals surface area contributed by atoms with E-state index in [2.05, 4.69) is 37.2 Å². The summed E-state index contributed by atoms with van der Waals surface area (Å²) in [7, 11) is 0. The number of nitrogens with zero attached hydrogens (tertiary/aromatic N) is 3.